The van der Waals surface area contributed by atoms with Crippen molar-refractivity contribution < 1.29 is 19.1 Å². The van der Waals surface area contributed by atoms with Crippen LogP contribution in [0.2, 0.25) is 0 Å². The molecule has 0 unspecified atom stereocenters. The molecule has 1 N–H and O–H groups in total. The number of nitrogens with zero attached hydrogens (tertiary/aromatic N) is 2. The van der Waals surface area contributed by atoms with Gasteiger partial charge in [-0.1, -0.05) is 42.5 Å². The summed E-state index contributed by atoms with van der Waals surface area (Å²) in [6.07, 6.45) is 3.82. The summed E-state index contributed by atoms with van der Waals surface area (Å²) in [7, 11) is 0. The Morgan fingerprint density at radius 2 is 2.10 bits per heavy atom. The quantitative estimate of drug-likeness (QED) is 0.372. The number of thioether (sulfide) groups is 1. The fraction of sp³-hybridized carbons (Fsp3) is 0.238. The third kappa shape index (κ3) is 5.34. The predicted molar refractivity (Wildman–Crippen MR) is 115 cm³/mol. The van der Waals surface area contributed by atoms with Crippen molar-refractivity contribution in [2.24, 2.45) is 0 Å². The third-order valence-electron chi connectivity index (χ3n) is 4.32. The van der Waals surface area contributed by atoms with Gasteiger partial charge in [-0.05, 0) is 37.1 Å². The zero-order valence-electron chi connectivity index (χ0n) is 15.5. The first-order valence-electron chi connectivity index (χ1n) is 9.05. The van der Waals surface area contributed by atoms with Crippen LogP contribution in [-0.4, -0.2) is 32.7 Å². The number of hydrogen-bond acceptors (Lipinski definition) is 6. The number of unbranched alkanes of at least 4 members (excludes halogenated alkanes) is 2. The van der Waals surface area contributed by atoms with Gasteiger partial charge in [-0.2, -0.15) is 5.26 Å². The van der Waals surface area contributed by atoms with Gasteiger partial charge in [0.05, 0.1) is 16.5 Å². The minimum Gasteiger partial charge on any atom is -0.481 e. The van der Waals surface area contributed by atoms with Crippen LogP contribution in [0.4, 0.5) is 0 Å². The topological polar surface area (TPSA) is 94.5 Å². The van der Waals surface area contributed by atoms with Crippen molar-refractivity contribution in [1.82, 2.24) is 4.90 Å². The van der Waals surface area contributed by atoms with Gasteiger partial charge in [-0.15, -0.1) is 0 Å². The lowest BCUT2D eigenvalue weighted by Gasteiger charge is -2.13. The van der Waals surface area contributed by atoms with Gasteiger partial charge in [-0.25, -0.2) is 0 Å². The molecule has 148 valence electrons. The number of aliphatic carboxylic acids is 1. The standard InChI is InChI=1S/C21H18N2O4S2/c22-13-14-5-4-6-15(11-14)17-9-8-16(27-17)12-18-20(26)23(21(28)29-18)10-3-1-2-7-19(24)25/h4-6,8-9,11-12H,1-3,7,10H2,(H,24,25)/b18-12-. The first-order valence-corrected chi connectivity index (χ1v) is 10.3. The Morgan fingerprint density at radius 3 is 2.86 bits per heavy atom. The Morgan fingerprint density at radius 1 is 1.28 bits per heavy atom. The average molecular weight is 427 g/mol. The van der Waals surface area contributed by atoms with Crippen LogP contribution in [0.3, 0.4) is 0 Å². The van der Waals surface area contributed by atoms with E-state index >= 15 is 0 Å². The summed E-state index contributed by atoms with van der Waals surface area (Å²) in [5, 5.41) is 17.7. The predicted octanol–water partition coefficient (Wildman–Crippen LogP) is 4.66. The van der Waals surface area contributed by atoms with Crippen molar-refractivity contribution >= 4 is 46.3 Å². The van der Waals surface area contributed by atoms with Crippen LogP contribution in [0.25, 0.3) is 17.4 Å². The van der Waals surface area contributed by atoms with Crippen LogP contribution in [0.15, 0.2) is 45.7 Å². The van der Waals surface area contributed by atoms with Crippen molar-refractivity contribution in [1.29, 1.82) is 5.26 Å². The Balaban J connectivity index is 1.64. The molecule has 0 saturated carbocycles. The van der Waals surface area contributed by atoms with Crippen molar-refractivity contribution in [3.8, 4) is 17.4 Å². The summed E-state index contributed by atoms with van der Waals surface area (Å²) in [6.45, 7) is 0.478. The molecule has 2 heterocycles. The van der Waals surface area contributed by atoms with E-state index in [1.165, 1.54) is 11.8 Å². The first kappa shape index (κ1) is 20.8. The summed E-state index contributed by atoms with van der Waals surface area (Å²) in [6, 6.07) is 12.8. The van der Waals surface area contributed by atoms with Gasteiger partial charge in [0.2, 0.25) is 0 Å². The molecular formula is C21H18N2O4S2. The maximum absolute atomic E-state index is 12.6. The number of carbonyl (C=O) groups excluding carboxylic acids is 1. The summed E-state index contributed by atoms with van der Waals surface area (Å²) >= 11 is 6.54. The van der Waals surface area contributed by atoms with E-state index in [2.05, 4.69) is 6.07 Å². The molecule has 8 heteroatoms. The maximum atomic E-state index is 12.6. The van der Waals surface area contributed by atoms with E-state index in [-0.39, 0.29) is 12.3 Å². The fourth-order valence-corrected chi connectivity index (χ4v) is 4.16. The second kappa shape index (κ2) is 9.54. The zero-order valence-corrected chi connectivity index (χ0v) is 17.1. The van der Waals surface area contributed by atoms with Gasteiger partial charge >= 0.3 is 5.97 Å². The highest BCUT2D eigenvalue weighted by atomic mass is 32.2. The van der Waals surface area contributed by atoms with Crippen LogP contribution in [0, 0.1) is 11.3 Å². The molecule has 1 aromatic carbocycles. The summed E-state index contributed by atoms with van der Waals surface area (Å²) in [5.74, 6) is 0.171. The highest BCUT2D eigenvalue weighted by molar-refractivity contribution is 8.26. The number of benzene rings is 1. The highest BCUT2D eigenvalue weighted by Crippen LogP contribution is 2.34. The molecule has 0 atom stereocenters. The molecule has 1 amide bonds. The maximum Gasteiger partial charge on any atom is 0.303 e. The molecule has 6 nitrogen and oxygen atoms in total. The summed E-state index contributed by atoms with van der Waals surface area (Å²) < 4.78 is 6.31. The van der Waals surface area contributed by atoms with Gasteiger partial charge < -0.3 is 9.52 Å². The van der Waals surface area contributed by atoms with Crippen LogP contribution >= 0.6 is 24.0 Å². The lowest BCUT2D eigenvalue weighted by molar-refractivity contribution is -0.137. The molecule has 0 radical (unpaired) electrons. The minimum absolute atomic E-state index is 0.135. The van der Waals surface area contributed by atoms with Gasteiger partial charge in [0.15, 0.2) is 0 Å². The number of amides is 1. The number of carboxylic acid groups (broad SMARTS) is 1. The number of furan rings is 1. The van der Waals surface area contributed by atoms with Crippen LogP contribution in [-0.2, 0) is 9.59 Å². The second-order valence-electron chi connectivity index (χ2n) is 6.43. The van der Waals surface area contributed by atoms with Crippen LogP contribution in [0.1, 0.15) is 37.0 Å². The fourth-order valence-electron chi connectivity index (χ4n) is 2.87. The molecule has 1 aromatic heterocycles. The number of hydrogen-bond donors (Lipinski definition) is 1. The molecule has 0 bridgehead atoms. The third-order valence-corrected chi connectivity index (χ3v) is 5.70. The molecule has 1 fully saturated rings. The van der Waals surface area contributed by atoms with Crippen molar-refractivity contribution in [3.63, 3.8) is 0 Å². The molecular weight excluding hydrogens is 408 g/mol. The highest BCUT2D eigenvalue weighted by Gasteiger charge is 2.31. The summed E-state index contributed by atoms with van der Waals surface area (Å²) in [4.78, 5) is 25.2. The van der Waals surface area contributed by atoms with Crippen molar-refractivity contribution in [3.05, 3.63) is 52.6 Å². The van der Waals surface area contributed by atoms with E-state index in [0.29, 0.717) is 45.7 Å². The smallest absolute Gasteiger partial charge is 0.303 e. The molecule has 0 aliphatic carbocycles. The van der Waals surface area contributed by atoms with Gasteiger partial charge in [0, 0.05) is 24.6 Å². The molecule has 3 rings (SSSR count). The molecule has 0 spiro atoms. The number of carbonyl (C=O) groups is 2. The average Bonchev–Trinajstić information content (AvgIpc) is 3.27. The second-order valence-corrected chi connectivity index (χ2v) is 8.11. The van der Waals surface area contributed by atoms with E-state index in [4.69, 9.17) is 27.0 Å². The zero-order chi connectivity index (χ0) is 20.8. The van der Waals surface area contributed by atoms with Gasteiger partial charge in [0.25, 0.3) is 5.91 Å². The first-order chi connectivity index (χ1) is 14.0. The van der Waals surface area contributed by atoms with Gasteiger partial charge in [-0.3, -0.25) is 14.5 Å². The van der Waals surface area contributed by atoms with E-state index in [9.17, 15) is 9.59 Å². The Hall–Kier alpha value is -2.89. The molecule has 1 aliphatic rings. The van der Waals surface area contributed by atoms with Crippen molar-refractivity contribution in [2.75, 3.05) is 6.54 Å². The van der Waals surface area contributed by atoms with E-state index < -0.39 is 5.97 Å². The van der Waals surface area contributed by atoms with Crippen LogP contribution in [0.5, 0.6) is 0 Å². The number of carboxylic acids is 1. The monoisotopic (exact) mass is 426 g/mol. The van der Waals surface area contributed by atoms with E-state index in [1.54, 1.807) is 41.3 Å². The Labute approximate surface area is 177 Å². The van der Waals surface area contributed by atoms with Crippen LogP contribution < -0.4 is 0 Å². The molecule has 2 aromatic rings. The lowest BCUT2D eigenvalue weighted by Crippen LogP contribution is -2.29. The SMILES string of the molecule is N#Cc1cccc(-c2ccc(/C=C3\SC(=S)N(CCCCCC(=O)O)C3=O)o2)c1. The largest absolute Gasteiger partial charge is 0.481 e. The number of rotatable bonds is 8. The molecule has 1 aliphatic heterocycles. The normalized spacial score (nSPS) is 15.1. The summed E-state index contributed by atoms with van der Waals surface area (Å²) in [5.41, 5.74) is 1.34. The Bertz CT molecular complexity index is 1020. The molecule has 1 saturated heterocycles. The minimum atomic E-state index is -0.810. The van der Waals surface area contributed by atoms with E-state index in [1.807, 2.05) is 6.07 Å². The van der Waals surface area contributed by atoms with E-state index in [0.717, 1.165) is 12.0 Å². The molecule has 29 heavy (non-hydrogen) atoms. The lowest BCUT2D eigenvalue weighted by atomic mass is 10.1. The Kier molecular flexibility index (Phi) is 6.86. The van der Waals surface area contributed by atoms with Gasteiger partial charge in [0.1, 0.15) is 15.8 Å². The number of thiocarbonyl (C=S) groups is 1. The number of nitriles is 1. The van der Waals surface area contributed by atoms with Crippen molar-refractivity contribution in [2.45, 2.75) is 25.7 Å².